The van der Waals surface area contributed by atoms with Gasteiger partial charge in [0.2, 0.25) is 10.0 Å². The summed E-state index contributed by atoms with van der Waals surface area (Å²) in [6, 6.07) is 14.4. The van der Waals surface area contributed by atoms with E-state index < -0.39 is 10.0 Å². The molecular formula is C19H25ClN4O2S. The molecule has 2 aromatic rings. The van der Waals surface area contributed by atoms with Gasteiger partial charge in [0.1, 0.15) is 0 Å². The second kappa shape index (κ2) is 9.73. The van der Waals surface area contributed by atoms with Gasteiger partial charge in [0.05, 0.1) is 11.4 Å². The molecule has 27 heavy (non-hydrogen) atoms. The van der Waals surface area contributed by atoms with Crippen LogP contribution in [-0.2, 0) is 23.1 Å². The Morgan fingerprint density at radius 3 is 2.44 bits per heavy atom. The van der Waals surface area contributed by atoms with Crippen molar-refractivity contribution in [2.24, 2.45) is 4.99 Å². The lowest BCUT2D eigenvalue weighted by Gasteiger charge is -2.22. The minimum absolute atomic E-state index is 0.239. The summed E-state index contributed by atoms with van der Waals surface area (Å²) in [4.78, 5) is 6.91. The summed E-state index contributed by atoms with van der Waals surface area (Å²) >= 11 is 6.05. The van der Waals surface area contributed by atoms with E-state index in [2.05, 4.69) is 15.0 Å². The molecule has 0 unspecified atom stereocenters. The van der Waals surface area contributed by atoms with Crippen LogP contribution < -0.4 is 10.0 Å². The molecule has 146 valence electrons. The third-order valence-electron chi connectivity index (χ3n) is 3.92. The summed E-state index contributed by atoms with van der Waals surface area (Å²) in [5.41, 5.74) is 2.02. The second-order valence-corrected chi connectivity index (χ2v) is 8.33. The molecule has 0 atom stereocenters. The normalized spacial score (nSPS) is 12.1. The average molecular weight is 409 g/mol. The highest BCUT2D eigenvalue weighted by Crippen LogP contribution is 2.13. The summed E-state index contributed by atoms with van der Waals surface area (Å²) in [6.45, 7) is 3.88. The quantitative estimate of drug-likeness (QED) is 0.545. The van der Waals surface area contributed by atoms with Crippen LogP contribution in [0, 0.1) is 0 Å². The largest absolute Gasteiger partial charge is 0.357 e. The lowest BCUT2D eigenvalue weighted by molar-refractivity contribution is 0.477. The van der Waals surface area contributed by atoms with Gasteiger partial charge in [-0.25, -0.2) is 18.1 Å². The fraction of sp³-hybridized carbons (Fsp3) is 0.316. The van der Waals surface area contributed by atoms with E-state index in [1.165, 1.54) is 7.05 Å². The molecule has 0 aliphatic carbocycles. The molecule has 0 heterocycles. The summed E-state index contributed by atoms with van der Waals surface area (Å²) in [5.74, 6) is 0.768. The van der Waals surface area contributed by atoms with E-state index in [1.807, 2.05) is 43.1 Å². The van der Waals surface area contributed by atoms with Gasteiger partial charge >= 0.3 is 0 Å². The molecule has 0 amide bonds. The second-order valence-electron chi connectivity index (χ2n) is 6.01. The molecule has 2 N–H and O–H groups in total. The molecule has 6 nitrogen and oxygen atoms in total. The molecule has 0 aromatic heterocycles. The standard InChI is InChI=1S/C19H25ClN4O2S/c1-4-22-19(24(3)14-16-6-5-7-17(20)12-16)23-13-15-8-10-18(11-9-15)27(25,26)21-2/h5-12,21H,4,13-14H2,1-3H3,(H,22,23). The zero-order valence-electron chi connectivity index (χ0n) is 15.7. The highest BCUT2D eigenvalue weighted by molar-refractivity contribution is 7.89. The first-order chi connectivity index (χ1) is 12.9. The van der Waals surface area contributed by atoms with Gasteiger partial charge in [-0.15, -0.1) is 0 Å². The van der Waals surface area contributed by atoms with E-state index in [0.29, 0.717) is 18.1 Å². The van der Waals surface area contributed by atoms with Crippen LogP contribution in [0.15, 0.2) is 58.4 Å². The molecule has 0 saturated heterocycles. The molecule has 0 saturated carbocycles. The number of sulfonamides is 1. The topological polar surface area (TPSA) is 73.8 Å². The SMILES string of the molecule is CCNC(=NCc1ccc(S(=O)(=O)NC)cc1)N(C)Cc1cccc(Cl)c1. The van der Waals surface area contributed by atoms with Gasteiger partial charge in [-0.3, -0.25) is 0 Å². The predicted molar refractivity (Wildman–Crippen MR) is 110 cm³/mol. The number of aliphatic imine (C=N–C) groups is 1. The van der Waals surface area contributed by atoms with Crippen molar-refractivity contribution >= 4 is 27.6 Å². The van der Waals surface area contributed by atoms with Crippen LogP contribution in [0.5, 0.6) is 0 Å². The number of guanidine groups is 1. The van der Waals surface area contributed by atoms with Crippen molar-refractivity contribution in [3.63, 3.8) is 0 Å². The summed E-state index contributed by atoms with van der Waals surface area (Å²) in [6.07, 6.45) is 0. The number of nitrogens with one attached hydrogen (secondary N) is 2. The van der Waals surface area contributed by atoms with Crippen LogP contribution in [0.3, 0.4) is 0 Å². The Bertz CT molecular complexity index is 883. The van der Waals surface area contributed by atoms with Crippen molar-refractivity contribution in [2.45, 2.75) is 24.9 Å². The fourth-order valence-corrected chi connectivity index (χ4v) is 3.45. The zero-order chi connectivity index (χ0) is 19.9. The van der Waals surface area contributed by atoms with E-state index >= 15 is 0 Å². The molecule has 0 aliphatic rings. The van der Waals surface area contributed by atoms with Crippen molar-refractivity contribution in [1.29, 1.82) is 0 Å². The Morgan fingerprint density at radius 2 is 1.85 bits per heavy atom. The van der Waals surface area contributed by atoms with E-state index in [4.69, 9.17) is 11.6 Å². The lowest BCUT2D eigenvalue weighted by atomic mass is 10.2. The van der Waals surface area contributed by atoms with Crippen LogP contribution in [0.2, 0.25) is 5.02 Å². The van der Waals surface area contributed by atoms with Gasteiger partial charge in [0.15, 0.2) is 5.96 Å². The first kappa shape index (κ1) is 21.2. The highest BCUT2D eigenvalue weighted by Gasteiger charge is 2.11. The van der Waals surface area contributed by atoms with Crippen molar-refractivity contribution < 1.29 is 8.42 Å². The minimum atomic E-state index is -3.42. The van der Waals surface area contributed by atoms with Crippen molar-refractivity contribution in [3.8, 4) is 0 Å². The number of hydrogen-bond acceptors (Lipinski definition) is 3. The van der Waals surface area contributed by atoms with E-state index in [9.17, 15) is 8.42 Å². The lowest BCUT2D eigenvalue weighted by Crippen LogP contribution is -2.38. The monoisotopic (exact) mass is 408 g/mol. The third kappa shape index (κ3) is 6.23. The van der Waals surface area contributed by atoms with Crippen LogP contribution in [0.25, 0.3) is 0 Å². The zero-order valence-corrected chi connectivity index (χ0v) is 17.3. The minimum Gasteiger partial charge on any atom is -0.357 e. The van der Waals surface area contributed by atoms with Crippen LogP contribution >= 0.6 is 11.6 Å². The van der Waals surface area contributed by atoms with Crippen molar-refractivity contribution in [3.05, 3.63) is 64.7 Å². The van der Waals surface area contributed by atoms with Crippen LogP contribution in [-0.4, -0.2) is 39.9 Å². The Balaban J connectivity index is 2.10. The van der Waals surface area contributed by atoms with Crippen molar-refractivity contribution in [2.75, 3.05) is 20.6 Å². The number of benzene rings is 2. The van der Waals surface area contributed by atoms with Crippen LogP contribution in [0.4, 0.5) is 0 Å². The molecule has 8 heteroatoms. The number of rotatable bonds is 7. The molecule has 0 fully saturated rings. The first-order valence-corrected chi connectivity index (χ1v) is 10.5. The van der Waals surface area contributed by atoms with Gasteiger partial charge in [-0.05, 0) is 49.4 Å². The maximum atomic E-state index is 11.8. The third-order valence-corrected chi connectivity index (χ3v) is 5.58. The van der Waals surface area contributed by atoms with Gasteiger partial charge in [0, 0.05) is 25.2 Å². The van der Waals surface area contributed by atoms with E-state index in [0.717, 1.165) is 23.6 Å². The van der Waals surface area contributed by atoms with E-state index in [1.54, 1.807) is 24.3 Å². The Morgan fingerprint density at radius 1 is 1.15 bits per heavy atom. The maximum absolute atomic E-state index is 11.8. The predicted octanol–water partition coefficient (Wildman–Crippen LogP) is 2.85. The molecule has 0 spiro atoms. The highest BCUT2D eigenvalue weighted by atomic mass is 35.5. The Labute approximate surface area is 166 Å². The molecule has 0 radical (unpaired) electrons. The molecular weight excluding hydrogens is 384 g/mol. The maximum Gasteiger partial charge on any atom is 0.240 e. The Hall–Kier alpha value is -2.09. The first-order valence-electron chi connectivity index (χ1n) is 8.62. The smallest absolute Gasteiger partial charge is 0.240 e. The Kier molecular flexibility index (Phi) is 7.65. The van der Waals surface area contributed by atoms with Crippen molar-refractivity contribution in [1.82, 2.24) is 14.9 Å². The summed E-state index contributed by atoms with van der Waals surface area (Å²) in [5, 5.41) is 3.98. The van der Waals surface area contributed by atoms with Gasteiger partial charge in [0.25, 0.3) is 0 Å². The molecule has 2 rings (SSSR count). The van der Waals surface area contributed by atoms with E-state index in [-0.39, 0.29) is 4.90 Å². The molecule has 0 bridgehead atoms. The van der Waals surface area contributed by atoms with Gasteiger partial charge < -0.3 is 10.2 Å². The van der Waals surface area contributed by atoms with Gasteiger partial charge in [-0.2, -0.15) is 0 Å². The number of hydrogen-bond donors (Lipinski definition) is 2. The molecule has 2 aromatic carbocycles. The average Bonchev–Trinajstić information content (AvgIpc) is 2.65. The number of halogens is 1. The summed E-state index contributed by atoms with van der Waals surface area (Å²) < 4.78 is 25.9. The van der Waals surface area contributed by atoms with Crippen LogP contribution in [0.1, 0.15) is 18.1 Å². The number of nitrogens with zero attached hydrogens (tertiary/aromatic N) is 2. The molecule has 0 aliphatic heterocycles. The van der Waals surface area contributed by atoms with Gasteiger partial charge in [-0.1, -0.05) is 35.9 Å². The summed E-state index contributed by atoms with van der Waals surface area (Å²) in [7, 11) is -0.0655. The fourth-order valence-electron chi connectivity index (χ4n) is 2.51.